The second-order valence-electron chi connectivity index (χ2n) is 13.8. The zero-order valence-electron chi connectivity index (χ0n) is 32.4. The summed E-state index contributed by atoms with van der Waals surface area (Å²) >= 11 is 0. The molecule has 306 valence electrons. The maximum Gasteiger partial charge on any atom is 0.407 e. The van der Waals surface area contributed by atoms with Crippen LogP contribution >= 0.6 is 0 Å². The van der Waals surface area contributed by atoms with Crippen molar-refractivity contribution in [3.8, 4) is 0 Å². The fraction of sp³-hybridized carbons (Fsp3) is 0.829. The third kappa shape index (κ3) is 23.7. The Morgan fingerprint density at radius 2 is 1.11 bits per heavy atom. The van der Waals surface area contributed by atoms with Crippen LogP contribution in [0.15, 0.2) is 0 Å². The monoisotopic (exact) mass is 761 g/mol. The molecule has 3 aliphatic rings. The standard InChI is InChI=1S/C14H26N2O5.C11H22N2O2.C10H15NO6/c1-19-9-10-21-8-7-13(17)15-11-3-5-12(6-4-11)16-14(18)20-2;1-11(2,3)15-10(14)13-9-6-4-8(12)5-7-9;1-15-6-7-16-5-4-10(14)17-11-8(12)2-3-9(11)13/h11-12H,3-10H2,1-2H3,(H,15,17)(H,16,18);8-9H,4-7,12H2,1-3H3,(H,13,14);2-7H2,1H3. The van der Waals surface area contributed by atoms with E-state index < -0.39 is 29.5 Å². The Hall–Kier alpha value is -3.58. The van der Waals surface area contributed by atoms with Gasteiger partial charge in [0, 0.05) is 57.6 Å². The Balaban J connectivity index is 0.000000404. The van der Waals surface area contributed by atoms with Crippen molar-refractivity contribution in [3.05, 3.63) is 0 Å². The van der Waals surface area contributed by atoms with E-state index in [4.69, 9.17) is 29.4 Å². The molecule has 18 heteroatoms. The number of imide groups is 1. The number of methoxy groups -OCH3 is 3. The van der Waals surface area contributed by atoms with Gasteiger partial charge in [0.2, 0.25) is 5.91 Å². The van der Waals surface area contributed by atoms with Crippen molar-refractivity contribution in [1.29, 1.82) is 0 Å². The van der Waals surface area contributed by atoms with Crippen molar-refractivity contribution in [2.75, 3.05) is 61.0 Å². The predicted octanol–water partition coefficient (Wildman–Crippen LogP) is 2.25. The van der Waals surface area contributed by atoms with E-state index in [1.807, 2.05) is 20.8 Å². The molecule has 0 aromatic rings. The van der Waals surface area contributed by atoms with Crippen LogP contribution in [0.25, 0.3) is 0 Å². The van der Waals surface area contributed by atoms with Crippen LogP contribution in [0.3, 0.4) is 0 Å². The molecule has 0 bridgehead atoms. The smallest absolute Gasteiger partial charge is 0.407 e. The molecule has 1 aliphatic heterocycles. The Morgan fingerprint density at radius 1 is 0.660 bits per heavy atom. The van der Waals surface area contributed by atoms with Gasteiger partial charge in [0.25, 0.3) is 11.8 Å². The third-order valence-electron chi connectivity index (χ3n) is 8.08. The van der Waals surface area contributed by atoms with Crippen LogP contribution in [0.4, 0.5) is 9.59 Å². The molecular formula is C35H63N5O13. The summed E-state index contributed by atoms with van der Waals surface area (Å²) in [6, 6.07) is 0.872. The van der Waals surface area contributed by atoms with Crippen LogP contribution in [0.2, 0.25) is 0 Å². The van der Waals surface area contributed by atoms with E-state index >= 15 is 0 Å². The van der Waals surface area contributed by atoms with Gasteiger partial charge in [-0.05, 0) is 72.1 Å². The summed E-state index contributed by atoms with van der Waals surface area (Å²) in [7, 11) is 4.51. The largest absolute Gasteiger partial charge is 0.453 e. The SMILES string of the molecule is CC(C)(C)OC(=O)NC1CCC(N)CC1.COCCOCCC(=O)NC1CCC(NC(=O)OC)CC1.COCCOCCC(=O)ON1C(=O)CCC1=O. The number of rotatable bonds is 16. The average Bonchev–Trinajstić information content (AvgIpc) is 3.41. The highest BCUT2D eigenvalue weighted by atomic mass is 16.7. The lowest BCUT2D eigenvalue weighted by Gasteiger charge is -2.29. The molecule has 0 aromatic carbocycles. The second kappa shape index (κ2) is 27.1. The first kappa shape index (κ1) is 47.4. The molecule has 2 aliphatic carbocycles. The van der Waals surface area contributed by atoms with Crippen molar-refractivity contribution in [3.63, 3.8) is 0 Å². The summed E-state index contributed by atoms with van der Waals surface area (Å²) in [5, 5.41) is 9.20. The van der Waals surface area contributed by atoms with Crippen molar-refractivity contribution in [1.82, 2.24) is 21.0 Å². The van der Waals surface area contributed by atoms with E-state index in [0.29, 0.717) is 50.6 Å². The maximum atomic E-state index is 11.7. The van der Waals surface area contributed by atoms with E-state index in [0.717, 1.165) is 51.4 Å². The summed E-state index contributed by atoms with van der Waals surface area (Å²) in [5.41, 5.74) is 5.36. The van der Waals surface area contributed by atoms with Crippen LogP contribution in [0.5, 0.6) is 0 Å². The summed E-state index contributed by atoms with van der Waals surface area (Å²) in [6.07, 6.45) is 7.16. The van der Waals surface area contributed by atoms with E-state index in [1.165, 1.54) is 7.11 Å². The highest BCUT2D eigenvalue weighted by Gasteiger charge is 2.32. The molecule has 18 nitrogen and oxygen atoms in total. The lowest BCUT2D eigenvalue weighted by Crippen LogP contribution is -2.43. The van der Waals surface area contributed by atoms with Crippen molar-refractivity contribution in [2.45, 2.75) is 128 Å². The lowest BCUT2D eigenvalue weighted by molar-refractivity contribution is -0.198. The highest BCUT2D eigenvalue weighted by Crippen LogP contribution is 2.19. The molecule has 0 unspecified atom stereocenters. The van der Waals surface area contributed by atoms with Gasteiger partial charge >= 0.3 is 18.2 Å². The van der Waals surface area contributed by atoms with Gasteiger partial charge in [-0.1, -0.05) is 0 Å². The van der Waals surface area contributed by atoms with Crippen LogP contribution < -0.4 is 21.7 Å². The molecular weight excluding hydrogens is 698 g/mol. The number of hydrogen-bond donors (Lipinski definition) is 4. The first-order valence-corrected chi connectivity index (χ1v) is 18.3. The van der Waals surface area contributed by atoms with Crippen LogP contribution in [0, 0.1) is 0 Å². The Kier molecular flexibility index (Phi) is 24.2. The Morgan fingerprint density at radius 3 is 1.58 bits per heavy atom. The fourth-order valence-electron chi connectivity index (χ4n) is 5.26. The average molecular weight is 762 g/mol. The van der Waals surface area contributed by atoms with E-state index in [2.05, 4.69) is 25.5 Å². The van der Waals surface area contributed by atoms with E-state index in [9.17, 15) is 28.8 Å². The molecule has 2 saturated carbocycles. The molecule has 1 saturated heterocycles. The highest BCUT2D eigenvalue weighted by molar-refractivity contribution is 6.01. The Labute approximate surface area is 313 Å². The molecule has 1 heterocycles. The quantitative estimate of drug-likeness (QED) is 0.131. The number of hydroxylamine groups is 2. The lowest BCUT2D eigenvalue weighted by atomic mass is 9.91. The fourth-order valence-corrected chi connectivity index (χ4v) is 5.26. The second-order valence-corrected chi connectivity index (χ2v) is 13.8. The van der Waals surface area contributed by atoms with Crippen LogP contribution in [0.1, 0.15) is 97.8 Å². The number of nitrogens with two attached hydrogens (primary N) is 1. The number of hydrogen-bond acceptors (Lipinski definition) is 14. The van der Waals surface area contributed by atoms with Crippen molar-refractivity contribution < 1.29 is 62.0 Å². The number of carbonyl (C=O) groups is 6. The molecule has 3 rings (SSSR count). The van der Waals surface area contributed by atoms with Gasteiger partial charge in [0.1, 0.15) is 5.60 Å². The zero-order valence-corrected chi connectivity index (χ0v) is 32.4. The molecule has 5 amide bonds. The van der Waals surface area contributed by atoms with E-state index in [1.54, 1.807) is 14.2 Å². The van der Waals surface area contributed by atoms with Gasteiger partial charge in [-0.2, -0.15) is 0 Å². The zero-order chi connectivity index (χ0) is 39.6. The molecule has 3 fully saturated rings. The summed E-state index contributed by atoms with van der Waals surface area (Å²) < 4.78 is 29.7. The molecule has 0 radical (unpaired) electrons. The van der Waals surface area contributed by atoms with E-state index in [-0.39, 0.29) is 56.0 Å². The molecule has 0 aromatic heterocycles. The van der Waals surface area contributed by atoms with Gasteiger partial charge in [-0.25, -0.2) is 14.4 Å². The van der Waals surface area contributed by atoms with Crippen LogP contribution in [-0.4, -0.2) is 132 Å². The third-order valence-corrected chi connectivity index (χ3v) is 8.08. The first-order chi connectivity index (χ1) is 25.2. The number of nitrogens with zero attached hydrogens (tertiary/aromatic N) is 1. The maximum absolute atomic E-state index is 11.7. The number of ether oxygens (including phenoxy) is 6. The summed E-state index contributed by atoms with van der Waals surface area (Å²) in [5.74, 6) is -1.62. The Bertz CT molecular complexity index is 1090. The first-order valence-electron chi connectivity index (χ1n) is 18.3. The number of alkyl carbamates (subject to hydrolysis) is 2. The van der Waals surface area contributed by atoms with Gasteiger partial charge in [0.05, 0.1) is 53.2 Å². The molecule has 53 heavy (non-hydrogen) atoms. The molecule has 5 N–H and O–H groups in total. The van der Waals surface area contributed by atoms with Crippen molar-refractivity contribution >= 4 is 35.9 Å². The summed E-state index contributed by atoms with van der Waals surface area (Å²) in [6.45, 7) is 8.04. The topological polar surface area (TPSA) is 232 Å². The van der Waals surface area contributed by atoms with Gasteiger partial charge in [-0.15, -0.1) is 5.06 Å². The normalized spacial score (nSPS) is 21.2. The summed E-state index contributed by atoms with van der Waals surface area (Å²) in [4.78, 5) is 72.4. The minimum absolute atomic E-state index is 0.0109. The van der Waals surface area contributed by atoms with Crippen molar-refractivity contribution in [2.24, 2.45) is 5.73 Å². The number of amides is 5. The minimum atomic E-state index is -0.661. The van der Waals surface area contributed by atoms with Crippen LogP contribution in [-0.2, 0) is 52.4 Å². The predicted molar refractivity (Wildman–Crippen MR) is 191 cm³/mol. The van der Waals surface area contributed by atoms with Gasteiger partial charge in [-0.3, -0.25) is 14.4 Å². The van der Waals surface area contributed by atoms with Gasteiger partial charge < -0.3 is 54.9 Å². The number of nitrogens with one attached hydrogen (secondary N) is 3. The van der Waals surface area contributed by atoms with Gasteiger partial charge in [0.15, 0.2) is 0 Å². The molecule has 0 spiro atoms. The molecule has 0 atom stereocenters. The number of carbonyl (C=O) groups excluding carboxylic acids is 6. The minimum Gasteiger partial charge on any atom is -0.453 e.